The molecule has 0 fully saturated rings. The third kappa shape index (κ3) is 4.35. The molecule has 0 bridgehead atoms. The highest BCUT2D eigenvalue weighted by Gasteiger charge is 2.22. The van der Waals surface area contributed by atoms with E-state index in [4.69, 9.17) is 18.9 Å². The molecule has 4 rings (SSSR count). The molecule has 30 heavy (non-hydrogen) atoms. The van der Waals surface area contributed by atoms with E-state index in [2.05, 4.69) is 5.32 Å². The van der Waals surface area contributed by atoms with E-state index in [1.807, 2.05) is 18.2 Å². The summed E-state index contributed by atoms with van der Waals surface area (Å²) in [5.41, 5.74) is 0.740. The second-order valence-corrected chi connectivity index (χ2v) is 6.52. The maximum Gasteiger partial charge on any atom is 0.342 e. The minimum atomic E-state index is -1.02. The molecule has 1 aliphatic heterocycles. The molecule has 3 aromatic rings. The van der Waals surface area contributed by atoms with Gasteiger partial charge in [-0.05, 0) is 43.3 Å². The first kappa shape index (κ1) is 19.3. The number of nitrogens with one attached hydrogen (secondary N) is 1. The van der Waals surface area contributed by atoms with Crippen LogP contribution in [0.5, 0.6) is 23.0 Å². The molecular weight excluding hydrogens is 386 g/mol. The molecule has 152 valence electrons. The normalized spacial score (nSPS) is 12.7. The van der Waals surface area contributed by atoms with Gasteiger partial charge in [0.25, 0.3) is 5.91 Å². The van der Waals surface area contributed by atoms with Crippen molar-refractivity contribution in [3.05, 3.63) is 78.4 Å². The van der Waals surface area contributed by atoms with Crippen molar-refractivity contribution in [2.45, 2.75) is 13.0 Å². The zero-order chi connectivity index (χ0) is 20.9. The van der Waals surface area contributed by atoms with Crippen molar-refractivity contribution in [2.75, 3.05) is 12.1 Å². The fraction of sp³-hybridized carbons (Fsp3) is 0.130. The van der Waals surface area contributed by atoms with Crippen LogP contribution in [0.1, 0.15) is 17.3 Å². The molecule has 0 unspecified atom stereocenters. The third-order valence-electron chi connectivity index (χ3n) is 4.37. The lowest BCUT2D eigenvalue weighted by Crippen LogP contribution is -2.30. The number of carbonyl (C=O) groups excluding carboxylic acids is 2. The second-order valence-electron chi connectivity index (χ2n) is 6.52. The van der Waals surface area contributed by atoms with Gasteiger partial charge in [-0.2, -0.15) is 0 Å². The van der Waals surface area contributed by atoms with E-state index in [9.17, 15) is 9.59 Å². The topological polar surface area (TPSA) is 83.1 Å². The van der Waals surface area contributed by atoms with E-state index in [0.717, 1.165) is 0 Å². The quantitative estimate of drug-likeness (QED) is 0.613. The molecule has 1 aliphatic rings. The molecule has 3 aromatic carbocycles. The lowest BCUT2D eigenvalue weighted by atomic mass is 10.2. The summed E-state index contributed by atoms with van der Waals surface area (Å²) in [6.07, 6.45) is -1.02. The number of ether oxygens (including phenoxy) is 4. The molecule has 0 radical (unpaired) electrons. The lowest BCUT2D eigenvalue weighted by molar-refractivity contribution is -0.123. The van der Waals surface area contributed by atoms with E-state index in [0.29, 0.717) is 28.7 Å². The van der Waals surface area contributed by atoms with E-state index in [-0.39, 0.29) is 12.4 Å². The number of amides is 1. The van der Waals surface area contributed by atoms with Crippen LogP contribution in [0, 0.1) is 0 Å². The number of rotatable bonds is 6. The van der Waals surface area contributed by atoms with Crippen LogP contribution in [0.15, 0.2) is 72.8 Å². The van der Waals surface area contributed by atoms with Gasteiger partial charge in [-0.15, -0.1) is 0 Å². The predicted octanol–water partition coefficient (Wildman–Crippen LogP) is 4.39. The molecule has 0 aliphatic carbocycles. The van der Waals surface area contributed by atoms with Crippen LogP contribution < -0.4 is 19.5 Å². The van der Waals surface area contributed by atoms with Crippen LogP contribution in [-0.4, -0.2) is 24.8 Å². The molecule has 1 N–H and O–H groups in total. The van der Waals surface area contributed by atoms with Gasteiger partial charge in [-0.3, -0.25) is 4.79 Å². The number of carbonyl (C=O) groups is 2. The summed E-state index contributed by atoms with van der Waals surface area (Å²) in [6, 6.07) is 20.8. The van der Waals surface area contributed by atoms with Crippen molar-refractivity contribution in [2.24, 2.45) is 0 Å². The van der Waals surface area contributed by atoms with Gasteiger partial charge in [-0.1, -0.05) is 30.3 Å². The molecule has 7 nitrogen and oxygen atoms in total. The van der Waals surface area contributed by atoms with Gasteiger partial charge < -0.3 is 24.3 Å². The fourth-order valence-corrected chi connectivity index (χ4v) is 2.84. The number of anilines is 1. The Morgan fingerprint density at radius 2 is 1.67 bits per heavy atom. The first-order valence-electron chi connectivity index (χ1n) is 9.33. The third-order valence-corrected chi connectivity index (χ3v) is 4.37. The van der Waals surface area contributed by atoms with Gasteiger partial charge >= 0.3 is 5.97 Å². The molecule has 0 aromatic heterocycles. The van der Waals surface area contributed by atoms with Crippen LogP contribution in [0.3, 0.4) is 0 Å². The minimum absolute atomic E-state index is 0.144. The maximum absolute atomic E-state index is 12.7. The Balaban J connectivity index is 1.41. The molecule has 1 atom stereocenters. The molecule has 1 heterocycles. The Kier molecular flexibility index (Phi) is 5.52. The van der Waals surface area contributed by atoms with Crippen molar-refractivity contribution in [1.29, 1.82) is 0 Å². The van der Waals surface area contributed by atoms with E-state index < -0.39 is 18.0 Å². The van der Waals surface area contributed by atoms with E-state index >= 15 is 0 Å². The fourth-order valence-electron chi connectivity index (χ4n) is 2.84. The SMILES string of the molecule is C[C@@H](OC(=O)c1ccccc1Oc1ccccc1)C(=O)Nc1ccc2c(c1)OCO2. The van der Waals surface area contributed by atoms with Crippen molar-refractivity contribution in [3.8, 4) is 23.0 Å². The predicted molar refractivity (Wildman–Crippen MR) is 109 cm³/mol. The summed E-state index contributed by atoms with van der Waals surface area (Å²) in [7, 11) is 0. The Bertz CT molecular complexity index is 1070. The highest BCUT2D eigenvalue weighted by molar-refractivity contribution is 5.98. The molecule has 7 heteroatoms. The van der Waals surface area contributed by atoms with Crippen molar-refractivity contribution >= 4 is 17.6 Å². The molecule has 1 amide bonds. The number of benzene rings is 3. The number of para-hydroxylation sites is 2. The van der Waals surface area contributed by atoms with Gasteiger partial charge in [-0.25, -0.2) is 4.79 Å². The number of hydrogen-bond donors (Lipinski definition) is 1. The number of hydrogen-bond acceptors (Lipinski definition) is 6. The Hall–Kier alpha value is -4.00. The van der Waals surface area contributed by atoms with Crippen molar-refractivity contribution in [1.82, 2.24) is 0 Å². The molecule has 0 spiro atoms. The van der Waals surface area contributed by atoms with Crippen molar-refractivity contribution in [3.63, 3.8) is 0 Å². The average Bonchev–Trinajstić information content (AvgIpc) is 3.22. The summed E-state index contributed by atoms with van der Waals surface area (Å²) in [4.78, 5) is 25.1. The lowest BCUT2D eigenvalue weighted by Gasteiger charge is -2.15. The standard InChI is InChI=1S/C23H19NO6/c1-15(22(25)24-16-11-12-20-21(13-16)28-14-27-20)29-23(26)18-9-5-6-10-19(18)30-17-7-3-2-4-8-17/h2-13,15H,14H2,1H3,(H,24,25)/t15-/m1/s1. The van der Waals surface area contributed by atoms with Crippen LogP contribution in [0.2, 0.25) is 0 Å². The first-order valence-corrected chi connectivity index (χ1v) is 9.33. The van der Waals surface area contributed by atoms with Gasteiger partial charge in [0.15, 0.2) is 17.6 Å². The monoisotopic (exact) mass is 405 g/mol. The number of fused-ring (bicyclic) bond motifs is 1. The Labute approximate surface area is 173 Å². The Morgan fingerprint density at radius 1 is 0.933 bits per heavy atom. The zero-order valence-electron chi connectivity index (χ0n) is 16.2. The van der Waals surface area contributed by atoms with Gasteiger partial charge in [0.2, 0.25) is 6.79 Å². The largest absolute Gasteiger partial charge is 0.456 e. The number of esters is 1. The van der Waals surface area contributed by atoms with E-state index in [1.165, 1.54) is 6.92 Å². The van der Waals surface area contributed by atoms with Crippen LogP contribution >= 0.6 is 0 Å². The van der Waals surface area contributed by atoms with Gasteiger partial charge in [0.05, 0.1) is 0 Å². The minimum Gasteiger partial charge on any atom is -0.456 e. The first-order chi connectivity index (χ1) is 14.6. The van der Waals surface area contributed by atoms with E-state index in [1.54, 1.807) is 54.6 Å². The average molecular weight is 405 g/mol. The maximum atomic E-state index is 12.7. The smallest absolute Gasteiger partial charge is 0.342 e. The van der Waals surface area contributed by atoms with Crippen LogP contribution in [-0.2, 0) is 9.53 Å². The van der Waals surface area contributed by atoms with Crippen molar-refractivity contribution < 1.29 is 28.5 Å². The van der Waals surface area contributed by atoms with Crippen LogP contribution in [0.4, 0.5) is 5.69 Å². The van der Waals surface area contributed by atoms with Gasteiger partial charge in [0, 0.05) is 11.8 Å². The zero-order valence-corrected chi connectivity index (χ0v) is 16.2. The summed E-state index contributed by atoms with van der Waals surface area (Å²) < 4.78 is 21.7. The van der Waals surface area contributed by atoms with Crippen LogP contribution in [0.25, 0.3) is 0 Å². The molecular formula is C23H19NO6. The molecule has 0 saturated heterocycles. The molecule has 0 saturated carbocycles. The Morgan fingerprint density at radius 3 is 2.50 bits per heavy atom. The highest BCUT2D eigenvalue weighted by atomic mass is 16.7. The summed E-state index contributed by atoms with van der Waals surface area (Å²) in [6.45, 7) is 1.64. The highest BCUT2D eigenvalue weighted by Crippen LogP contribution is 2.34. The van der Waals surface area contributed by atoms with Gasteiger partial charge in [0.1, 0.15) is 17.1 Å². The second kappa shape index (κ2) is 8.57. The summed E-state index contributed by atoms with van der Waals surface area (Å²) >= 11 is 0. The summed E-state index contributed by atoms with van der Waals surface area (Å²) in [5.74, 6) is 0.967. The summed E-state index contributed by atoms with van der Waals surface area (Å²) in [5, 5.41) is 2.70.